The number of benzene rings is 1. The summed E-state index contributed by atoms with van der Waals surface area (Å²) in [4.78, 5) is 0. The van der Waals surface area contributed by atoms with E-state index in [0.29, 0.717) is 18.7 Å². The lowest BCUT2D eigenvalue weighted by atomic mass is 10.2. The van der Waals surface area contributed by atoms with E-state index in [0.717, 1.165) is 12.0 Å². The summed E-state index contributed by atoms with van der Waals surface area (Å²) < 4.78 is 28.7. The van der Waals surface area contributed by atoms with Crippen LogP contribution >= 0.6 is 0 Å². The molecule has 0 aliphatic carbocycles. The molecular formula is C14H23NO4S. The van der Waals surface area contributed by atoms with Gasteiger partial charge in [-0.25, -0.2) is 8.42 Å². The predicted molar refractivity (Wildman–Crippen MR) is 79.4 cm³/mol. The van der Waals surface area contributed by atoms with E-state index in [2.05, 4.69) is 0 Å². The smallest absolute Gasteiger partial charge is 0.152 e. The largest absolute Gasteiger partial charge is 0.491 e. The average Bonchev–Trinajstić information content (AvgIpc) is 2.43. The fraction of sp³-hybridized carbons (Fsp3) is 0.571. The first-order chi connectivity index (χ1) is 9.46. The second kappa shape index (κ2) is 8.24. The Morgan fingerprint density at radius 3 is 2.80 bits per heavy atom. The Balaban J connectivity index is 2.44. The van der Waals surface area contributed by atoms with Crippen molar-refractivity contribution in [3.05, 3.63) is 29.8 Å². The Bertz CT molecular complexity index is 502. The van der Waals surface area contributed by atoms with E-state index in [4.69, 9.17) is 10.5 Å². The molecule has 0 bridgehead atoms. The number of hydrogen-bond donors (Lipinski definition) is 2. The molecule has 6 heteroatoms. The highest BCUT2D eigenvalue weighted by atomic mass is 32.2. The van der Waals surface area contributed by atoms with Crippen molar-refractivity contribution < 1.29 is 18.3 Å². The van der Waals surface area contributed by atoms with E-state index >= 15 is 0 Å². The van der Waals surface area contributed by atoms with Gasteiger partial charge >= 0.3 is 0 Å². The van der Waals surface area contributed by atoms with Gasteiger partial charge in [0.25, 0.3) is 0 Å². The van der Waals surface area contributed by atoms with Gasteiger partial charge in [-0.3, -0.25) is 0 Å². The van der Waals surface area contributed by atoms with E-state index in [9.17, 15) is 13.5 Å². The van der Waals surface area contributed by atoms with Crippen LogP contribution in [0.5, 0.6) is 5.75 Å². The molecule has 0 radical (unpaired) electrons. The van der Waals surface area contributed by atoms with E-state index in [-0.39, 0.29) is 18.1 Å². The highest BCUT2D eigenvalue weighted by Crippen LogP contribution is 2.13. The van der Waals surface area contributed by atoms with Crippen molar-refractivity contribution in [3.63, 3.8) is 0 Å². The first kappa shape index (κ1) is 16.9. The van der Waals surface area contributed by atoms with Crippen LogP contribution in [0.1, 0.15) is 25.3 Å². The fourth-order valence-corrected chi connectivity index (χ4v) is 3.32. The van der Waals surface area contributed by atoms with Crippen LogP contribution in [0.3, 0.4) is 0 Å². The molecule has 0 aliphatic rings. The number of unbranched alkanes of at least 4 members (excludes halogenated alkanes) is 1. The summed E-state index contributed by atoms with van der Waals surface area (Å²) in [5.74, 6) is 0.435. The van der Waals surface area contributed by atoms with Crippen LogP contribution in [0.4, 0.5) is 0 Å². The van der Waals surface area contributed by atoms with Gasteiger partial charge in [-0.1, -0.05) is 25.5 Å². The zero-order chi connectivity index (χ0) is 15.0. The quantitative estimate of drug-likeness (QED) is 0.713. The SMILES string of the molecule is CCCCS(=O)(=O)CC(O)COc1cccc(CN)c1. The minimum atomic E-state index is -3.21. The molecule has 0 aromatic heterocycles. The Labute approximate surface area is 120 Å². The van der Waals surface area contributed by atoms with Crippen LogP contribution in [0.2, 0.25) is 0 Å². The molecule has 0 amide bonds. The molecule has 0 spiro atoms. The maximum atomic E-state index is 11.7. The average molecular weight is 301 g/mol. The Morgan fingerprint density at radius 2 is 2.15 bits per heavy atom. The van der Waals surface area contributed by atoms with Crippen LogP contribution < -0.4 is 10.5 Å². The Morgan fingerprint density at radius 1 is 1.40 bits per heavy atom. The normalized spacial score (nSPS) is 13.2. The molecule has 1 rings (SSSR count). The maximum Gasteiger partial charge on any atom is 0.152 e. The van der Waals surface area contributed by atoms with E-state index < -0.39 is 15.9 Å². The van der Waals surface area contributed by atoms with Gasteiger partial charge in [-0.2, -0.15) is 0 Å². The van der Waals surface area contributed by atoms with Crippen molar-refractivity contribution in [2.75, 3.05) is 18.1 Å². The predicted octanol–water partition coefficient (Wildman–Crippen LogP) is 1.10. The third-order valence-corrected chi connectivity index (χ3v) is 4.64. The van der Waals surface area contributed by atoms with Crippen molar-refractivity contribution in [2.45, 2.75) is 32.4 Å². The third-order valence-electron chi connectivity index (χ3n) is 2.83. The Hall–Kier alpha value is -1.11. The molecule has 0 fully saturated rings. The zero-order valence-corrected chi connectivity index (χ0v) is 12.6. The molecule has 1 aromatic carbocycles. The van der Waals surface area contributed by atoms with E-state index in [1.54, 1.807) is 12.1 Å². The summed E-state index contributed by atoms with van der Waals surface area (Å²) in [5, 5.41) is 9.74. The Kier molecular flexibility index (Phi) is 6.98. The molecule has 0 heterocycles. The summed E-state index contributed by atoms with van der Waals surface area (Å²) in [7, 11) is -3.21. The summed E-state index contributed by atoms with van der Waals surface area (Å²) in [5.41, 5.74) is 6.44. The second-order valence-corrected chi connectivity index (χ2v) is 7.01. The monoisotopic (exact) mass is 301 g/mol. The van der Waals surface area contributed by atoms with Crippen molar-refractivity contribution in [2.24, 2.45) is 5.73 Å². The van der Waals surface area contributed by atoms with Crippen LogP contribution in [-0.4, -0.2) is 37.7 Å². The number of nitrogens with two attached hydrogens (primary N) is 1. The minimum Gasteiger partial charge on any atom is -0.491 e. The molecule has 0 saturated carbocycles. The molecule has 1 atom stereocenters. The molecule has 0 aliphatic heterocycles. The molecule has 0 saturated heterocycles. The van der Waals surface area contributed by atoms with Crippen LogP contribution in [0.15, 0.2) is 24.3 Å². The van der Waals surface area contributed by atoms with E-state index in [1.807, 2.05) is 19.1 Å². The summed E-state index contributed by atoms with van der Waals surface area (Å²) in [6.45, 7) is 2.30. The number of hydrogen-bond acceptors (Lipinski definition) is 5. The standard InChI is InChI=1S/C14H23NO4S/c1-2-3-7-20(17,18)11-13(16)10-19-14-6-4-5-12(8-14)9-15/h4-6,8,13,16H,2-3,7,9-11,15H2,1H3. The highest BCUT2D eigenvalue weighted by Gasteiger charge is 2.17. The summed E-state index contributed by atoms with van der Waals surface area (Å²) in [6.07, 6.45) is 0.421. The van der Waals surface area contributed by atoms with Gasteiger partial charge in [0.15, 0.2) is 9.84 Å². The molecule has 5 nitrogen and oxygen atoms in total. The van der Waals surface area contributed by atoms with Gasteiger partial charge in [-0.05, 0) is 24.1 Å². The fourth-order valence-electron chi connectivity index (χ4n) is 1.74. The molecule has 1 unspecified atom stereocenters. The lowest BCUT2D eigenvalue weighted by molar-refractivity contribution is 0.125. The number of aliphatic hydroxyl groups is 1. The number of sulfone groups is 1. The van der Waals surface area contributed by atoms with Gasteiger partial charge in [0, 0.05) is 6.54 Å². The first-order valence-electron chi connectivity index (χ1n) is 6.77. The minimum absolute atomic E-state index is 0.0423. The van der Waals surface area contributed by atoms with Crippen molar-refractivity contribution in [1.82, 2.24) is 0 Å². The van der Waals surface area contributed by atoms with Gasteiger partial charge < -0.3 is 15.6 Å². The van der Waals surface area contributed by atoms with Crippen LogP contribution in [0, 0.1) is 0 Å². The molecule has 1 aromatic rings. The van der Waals surface area contributed by atoms with E-state index in [1.165, 1.54) is 0 Å². The molecule has 3 N–H and O–H groups in total. The van der Waals surface area contributed by atoms with Gasteiger partial charge in [0.05, 0.1) is 11.5 Å². The van der Waals surface area contributed by atoms with Gasteiger partial charge in [0.2, 0.25) is 0 Å². The summed E-state index contributed by atoms with van der Waals surface area (Å²) in [6, 6.07) is 7.20. The third kappa shape index (κ3) is 6.36. The van der Waals surface area contributed by atoms with Gasteiger partial charge in [0.1, 0.15) is 18.5 Å². The van der Waals surface area contributed by atoms with Crippen molar-refractivity contribution in [1.29, 1.82) is 0 Å². The lowest BCUT2D eigenvalue weighted by Crippen LogP contribution is -2.28. The lowest BCUT2D eigenvalue weighted by Gasteiger charge is -2.13. The maximum absolute atomic E-state index is 11.7. The van der Waals surface area contributed by atoms with Crippen molar-refractivity contribution >= 4 is 9.84 Å². The number of rotatable bonds is 9. The van der Waals surface area contributed by atoms with Crippen LogP contribution in [-0.2, 0) is 16.4 Å². The molecular weight excluding hydrogens is 278 g/mol. The van der Waals surface area contributed by atoms with Crippen molar-refractivity contribution in [3.8, 4) is 5.75 Å². The second-order valence-electron chi connectivity index (χ2n) is 4.78. The highest BCUT2D eigenvalue weighted by molar-refractivity contribution is 7.91. The zero-order valence-electron chi connectivity index (χ0n) is 11.8. The molecule has 20 heavy (non-hydrogen) atoms. The topological polar surface area (TPSA) is 89.6 Å². The molecule has 114 valence electrons. The first-order valence-corrected chi connectivity index (χ1v) is 8.59. The summed E-state index contributed by atoms with van der Waals surface area (Å²) >= 11 is 0. The van der Waals surface area contributed by atoms with Gasteiger partial charge in [-0.15, -0.1) is 0 Å². The number of aliphatic hydroxyl groups excluding tert-OH is 1. The number of ether oxygens (including phenoxy) is 1. The van der Waals surface area contributed by atoms with Crippen LogP contribution in [0.25, 0.3) is 0 Å².